The highest BCUT2D eigenvalue weighted by Gasteiger charge is 2.42. The van der Waals surface area contributed by atoms with Crippen molar-refractivity contribution in [3.8, 4) is 5.13 Å². The number of hydrogen-bond acceptors (Lipinski definition) is 5. The number of aromatic nitrogens is 3. The summed E-state index contributed by atoms with van der Waals surface area (Å²) in [5.74, 6) is 0. The first-order valence-electron chi connectivity index (χ1n) is 10.9. The van der Waals surface area contributed by atoms with Crippen LogP contribution in [0.3, 0.4) is 0 Å². The molecule has 0 saturated carbocycles. The van der Waals surface area contributed by atoms with Gasteiger partial charge >= 0.3 is 0 Å². The first-order valence-corrected chi connectivity index (χ1v) is 12.1. The molecule has 2 saturated heterocycles. The molecule has 4 aromatic rings. The summed E-state index contributed by atoms with van der Waals surface area (Å²) in [6.07, 6.45) is 6.31. The monoisotopic (exact) mass is 461 g/mol. The lowest BCUT2D eigenvalue weighted by Gasteiger charge is -2.30. The Bertz CT molecular complexity index is 1210. The van der Waals surface area contributed by atoms with E-state index in [1.165, 1.54) is 4.70 Å². The van der Waals surface area contributed by atoms with Gasteiger partial charge in [-0.1, -0.05) is 29.5 Å². The van der Waals surface area contributed by atoms with E-state index in [0.717, 1.165) is 53.1 Å². The van der Waals surface area contributed by atoms with E-state index in [9.17, 15) is 0 Å². The smallest absolute Gasteiger partial charge is 0.194 e. The van der Waals surface area contributed by atoms with Crippen molar-refractivity contribution in [1.82, 2.24) is 24.8 Å². The molecule has 0 aliphatic carbocycles. The van der Waals surface area contributed by atoms with Crippen LogP contribution in [0.4, 0.5) is 0 Å². The van der Waals surface area contributed by atoms with Crippen molar-refractivity contribution in [3.63, 3.8) is 0 Å². The first kappa shape index (κ1) is 19.8. The molecule has 5 heterocycles. The van der Waals surface area contributed by atoms with Crippen LogP contribution in [-0.4, -0.2) is 43.8 Å². The number of thiocarbonyl (C=S) groups is 1. The molecule has 2 aliphatic heterocycles. The normalized spacial score (nSPS) is 23.2. The fraction of sp³-hybridized carbons (Fsp3) is 0.292. The standard InChI is InChI=1S/C24H23N5OS2/c31-23-27-21(18-9-3-4-12-25-18)22(29(23)15-16-7-6-14-30-16)19-10-5-13-28(19)24-26-17-8-1-2-11-20(17)32-24/h1-5,8-13,16,21-22H,6-7,14-15H2,(H,27,31)/t16-,21-,22+/m0/s1. The molecule has 0 amide bonds. The molecule has 0 bridgehead atoms. The number of nitrogens with one attached hydrogen (secondary N) is 1. The second-order valence-corrected chi connectivity index (χ2v) is 9.58. The van der Waals surface area contributed by atoms with Crippen molar-refractivity contribution in [2.45, 2.75) is 31.0 Å². The number of para-hydroxylation sites is 1. The highest BCUT2D eigenvalue weighted by molar-refractivity contribution is 7.80. The second kappa shape index (κ2) is 8.27. The third kappa shape index (κ3) is 3.48. The molecular weight excluding hydrogens is 438 g/mol. The molecule has 8 heteroatoms. The number of thiazole rings is 1. The van der Waals surface area contributed by atoms with Crippen molar-refractivity contribution >= 4 is 38.9 Å². The van der Waals surface area contributed by atoms with E-state index in [0.29, 0.717) is 0 Å². The molecule has 3 aromatic heterocycles. The third-order valence-corrected chi connectivity index (χ3v) is 7.58. The lowest BCUT2D eigenvalue weighted by Crippen LogP contribution is -2.36. The van der Waals surface area contributed by atoms with Crippen LogP contribution in [0.5, 0.6) is 0 Å². The maximum absolute atomic E-state index is 5.96. The van der Waals surface area contributed by atoms with E-state index in [4.69, 9.17) is 21.9 Å². The van der Waals surface area contributed by atoms with Crippen LogP contribution in [0.15, 0.2) is 67.0 Å². The van der Waals surface area contributed by atoms with E-state index >= 15 is 0 Å². The number of fused-ring (bicyclic) bond motifs is 1. The molecule has 1 aromatic carbocycles. The zero-order chi connectivity index (χ0) is 21.5. The van der Waals surface area contributed by atoms with Crippen LogP contribution in [0.25, 0.3) is 15.3 Å². The number of pyridine rings is 1. The maximum atomic E-state index is 5.96. The average Bonchev–Trinajstić information content (AvgIpc) is 3.61. The predicted molar refractivity (Wildman–Crippen MR) is 130 cm³/mol. The van der Waals surface area contributed by atoms with Crippen LogP contribution in [0.1, 0.15) is 36.3 Å². The first-order chi connectivity index (χ1) is 15.8. The maximum Gasteiger partial charge on any atom is 0.194 e. The molecule has 162 valence electrons. The molecule has 2 aliphatic rings. The summed E-state index contributed by atoms with van der Waals surface area (Å²) in [5.41, 5.74) is 3.14. The van der Waals surface area contributed by atoms with E-state index in [-0.39, 0.29) is 18.2 Å². The Kier molecular flexibility index (Phi) is 5.13. The van der Waals surface area contributed by atoms with Gasteiger partial charge in [-0.15, -0.1) is 0 Å². The fourth-order valence-electron chi connectivity index (χ4n) is 4.70. The molecular formula is C24H23N5OS2. The second-order valence-electron chi connectivity index (χ2n) is 8.18. The van der Waals surface area contributed by atoms with Crippen LogP contribution in [0, 0.1) is 0 Å². The summed E-state index contributed by atoms with van der Waals surface area (Å²) in [5, 5.41) is 5.25. The lowest BCUT2D eigenvalue weighted by atomic mass is 10.0. The molecule has 0 unspecified atom stereocenters. The highest BCUT2D eigenvalue weighted by atomic mass is 32.1. The summed E-state index contributed by atoms with van der Waals surface area (Å²) in [6, 6.07) is 18.5. The van der Waals surface area contributed by atoms with Crippen molar-refractivity contribution in [2.75, 3.05) is 13.2 Å². The molecule has 1 N–H and O–H groups in total. The molecule has 3 atom stereocenters. The zero-order valence-electron chi connectivity index (χ0n) is 17.4. The van der Waals surface area contributed by atoms with Gasteiger partial charge < -0.3 is 15.0 Å². The van der Waals surface area contributed by atoms with Gasteiger partial charge in [0.15, 0.2) is 10.2 Å². The number of ether oxygens (including phenoxy) is 1. The van der Waals surface area contributed by atoms with Crippen LogP contribution in [-0.2, 0) is 4.74 Å². The SMILES string of the molecule is S=C1N[C@@H](c2ccccn2)[C@@H](c2cccn2-c2nc3ccccc3s2)N1C[C@@H]1CCCO1. The Labute approximate surface area is 195 Å². The molecule has 6 rings (SSSR count). The van der Waals surface area contributed by atoms with Crippen molar-refractivity contribution in [1.29, 1.82) is 0 Å². The summed E-state index contributed by atoms with van der Waals surface area (Å²) in [6.45, 7) is 1.60. The Morgan fingerprint density at radius 1 is 1.12 bits per heavy atom. The van der Waals surface area contributed by atoms with Gasteiger partial charge in [0, 0.05) is 25.5 Å². The lowest BCUT2D eigenvalue weighted by molar-refractivity contribution is 0.0836. The van der Waals surface area contributed by atoms with Gasteiger partial charge in [-0.3, -0.25) is 9.55 Å². The number of nitrogens with zero attached hydrogens (tertiary/aromatic N) is 4. The Hall–Kier alpha value is -2.81. The molecule has 2 fully saturated rings. The quantitative estimate of drug-likeness (QED) is 0.437. The minimum absolute atomic E-state index is 0.0105. The average molecular weight is 462 g/mol. The van der Waals surface area contributed by atoms with E-state index in [2.05, 4.69) is 62.4 Å². The minimum atomic E-state index is -0.0480. The van der Waals surface area contributed by atoms with Gasteiger partial charge in [-0.05, 0) is 61.5 Å². The topological polar surface area (TPSA) is 55.2 Å². The summed E-state index contributed by atoms with van der Waals surface area (Å²) >= 11 is 7.52. The molecule has 0 radical (unpaired) electrons. The molecule has 32 heavy (non-hydrogen) atoms. The summed E-state index contributed by atoms with van der Waals surface area (Å²) < 4.78 is 9.34. The van der Waals surface area contributed by atoms with E-state index in [1.807, 2.05) is 24.4 Å². The fourth-order valence-corrected chi connectivity index (χ4v) is 5.99. The van der Waals surface area contributed by atoms with E-state index < -0.39 is 0 Å². The van der Waals surface area contributed by atoms with Crippen molar-refractivity contribution < 1.29 is 4.74 Å². The van der Waals surface area contributed by atoms with Gasteiger partial charge in [0.25, 0.3) is 0 Å². The summed E-state index contributed by atoms with van der Waals surface area (Å²) in [7, 11) is 0. The zero-order valence-corrected chi connectivity index (χ0v) is 19.1. The molecule has 0 spiro atoms. The van der Waals surface area contributed by atoms with E-state index in [1.54, 1.807) is 11.3 Å². The Morgan fingerprint density at radius 2 is 2.03 bits per heavy atom. The van der Waals surface area contributed by atoms with Gasteiger partial charge in [-0.25, -0.2) is 4.98 Å². The largest absolute Gasteiger partial charge is 0.376 e. The highest BCUT2D eigenvalue weighted by Crippen LogP contribution is 2.40. The van der Waals surface area contributed by atoms with Gasteiger partial charge in [0.2, 0.25) is 0 Å². The van der Waals surface area contributed by atoms with Crippen molar-refractivity contribution in [3.05, 3.63) is 78.4 Å². The number of benzene rings is 1. The summed E-state index contributed by atoms with van der Waals surface area (Å²) in [4.78, 5) is 11.8. The predicted octanol–water partition coefficient (Wildman–Crippen LogP) is 4.63. The number of rotatable bonds is 5. The minimum Gasteiger partial charge on any atom is -0.376 e. The van der Waals surface area contributed by atoms with Gasteiger partial charge in [-0.2, -0.15) is 0 Å². The van der Waals surface area contributed by atoms with Crippen molar-refractivity contribution in [2.24, 2.45) is 0 Å². The van der Waals surface area contributed by atoms with Gasteiger partial charge in [0.05, 0.1) is 39.8 Å². The Morgan fingerprint density at radius 3 is 2.84 bits per heavy atom. The Balaban J connectivity index is 1.44. The van der Waals surface area contributed by atoms with Crippen LogP contribution in [0.2, 0.25) is 0 Å². The molecule has 6 nitrogen and oxygen atoms in total. The third-order valence-electron chi connectivity index (χ3n) is 6.19. The number of hydrogen-bond donors (Lipinski definition) is 1. The van der Waals surface area contributed by atoms with Crippen LogP contribution >= 0.6 is 23.6 Å². The van der Waals surface area contributed by atoms with Gasteiger partial charge in [0.1, 0.15) is 0 Å². The van der Waals surface area contributed by atoms with Crippen LogP contribution < -0.4 is 5.32 Å².